The molecule has 1 aliphatic rings. The van der Waals surface area contributed by atoms with Crippen LogP contribution in [0, 0.1) is 11.3 Å². The average Bonchev–Trinajstić information content (AvgIpc) is 2.39. The summed E-state index contributed by atoms with van der Waals surface area (Å²) in [5.74, 6) is 1.04. The van der Waals surface area contributed by atoms with Crippen LogP contribution in [-0.2, 0) is 4.79 Å². The lowest BCUT2D eigenvalue weighted by molar-refractivity contribution is -0.133. The Bertz CT molecular complexity index is 270. The Labute approximate surface area is 118 Å². The number of carbonyl (C=O) groups is 1. The smallest absolute Gasteiger partial charge is 0.226 e. The molecule has 0 aromatic rings. The third kappa shape index (κ3) is 5.13. The number of hydrogen-bond donors (Lipinski definition) is 2. The molecule has 0 radical (unpaired) electrons. The van der Waals surface area contributed by atoms with Crippen molar-refractivity contribution < 1.29 is 4.79 Å². The summed E-state index contributed by atoms with van der Waals surface area (Å²) in [6.45, 7) is 10.7. The Hall–Kier alpha value is -0.570. The van der Waals surface area contributed by atoms with E-state index in [1.807, 2.05) is 0 Å². The summed E-state index contributed by atoms with van der Waals surface area (Å²) in [7, 11) is 0. The van der Waals surface area contributed by atoms with Crippen LogP contribution in [0.5, 0.6) is 0 Å². The maximum Gasteiger partial charge on any atom is 0.226 e. The van der Waals surface area contributed by atoms with Crippen LogP contribution in [0.25, 0.3) is 0 Å². The molecule has 0 saturated carbocycles. The fraction of sp³-hybridized carbons (Fsp3) is 0.938. The van der Waals surface area contributed by atoms with Crippen LogP contribution in [0.1, 0.15) is 66.2 Å². The Kier molecular flexibility index (Phi) is 6.84. The molecule has 0 aliphatic carbocycles. The van der Waals surface area contributed by atoms with Crippen molar-refractivity contribution in [3.8, 4) is 0 Å². The second kappa shape index (κ2) is 7.88. The molecule has 112 valence electrons. The Balaban J connectivity index is 2.39. The molecular weight excluding hydrogens is 236 g/mol. The van der Waals surface area contributed by atoms with E-state index in [0.717, 1.165) is 44.7 Å². The molecule has 0 spiro atoms. The second-order valence-corrected chi connectivity index (χ2v) is 6.58. The summed E-state index contributed by atoms with van der Waals surface area (Å²) in [4.78, 5) is 12.5. The highest BCUT2D eigenvalue weighted by atomic mass is 16.2. The van der Waals surface area contributed by atoms with Gasteiger partial charge in [-0.05, 0) is 51.6 Å². The number of carbonyl (C=O) groups excluding carboxylic acids is 1. The van der Waals surface area contributed by atoms with Gasteiger partial charge in [-0.2, -0.15) is 0 Å². The largest absolute Gasteiger partial charge is 0.353 e. The van der Waals surface area contributed by atoms with Crippen LogP contribution < -0.4 is 10.6 Å². The lowest BCUT2D eigenvalue weighted by atomic mass is 9.75. The SMILES string of the molecule is CCC1(C(=O)NC(C)CCCC(C)C)CCNCC1. The first-order chi connectivity index (χ1) is 9.00. The number of piperidine rings is 1. The highest BCUT2D eigenvalue weighted by Gasteiger charge is 2.37. The molecule has 3 nitrogen and oxygen atoms in total. The minimum absolute atomic E-state index is 0.114. The predicted molar refractivity (Wildman–Crippen MR) is 81.1 cm³/mol. The van der Waals surface area contributed by atoms with Crippen molar-refractivity contribution in [2.75, 3.05) is 13.1 Å². The first kappa shape index (κ1) is 16.5. The fourth-order valence-corrected chi connectivity index (χ4v) is 2.93. The summed E-state index contributed by atoms with van der Waals surface area (Å²) in [6.07, 6.45) is 6.48. The van der Waals surface area contributed by atoms with Crippen molar-refractivity contribution in [2.45, 2.75) is 72.3 Å². The van der Waals surface area contributed by atoms with Gasteiger partial charge in [-0.15, -0.1) is 0 Å². The number of amides is 1. The number of hydrogen-bond acceptors (Lipinski definition) is 2. The molecule has 0 aromatic carbocycles. The van der Waals surface area contributed by atoms with Gasteiger partial charge in [0.05, 0.1) is 5.41 Å². The van der Waals surface area contributed by atoms with Gasteiger partial charge in [-0.3, -0.25) is 4.79 Å². The molecule has 1 atom stereocenters. The van der Waals surface area contributed by atoms with Gasteiger partial charge in [-0.1, -0.05) is 33.6 Å². The van der Waals surface area contributed by atoms with Crippen LogP contribution >= 0.6 is 0 Å². The van der Waals surface area contributed by atoms with Gasteiger partial charge in [0.2, 0.25) is 5.91 Å². The van der Waals surface area contributed by atoms with Gasteiger partial charge in [0.25, 0.3) is 0 Å². The molecule has 0 aromatic heterocycles. The molecule has 1 aliphatic heterocycles. The Morgan fingerprint density at radius 1 is 1.21 bits per heavy atom. The monoisotopic (exact) mass is 268 g/mol. The topological polar surface area (TPSA) is 41.1 Å². The summed E-state index contributed by atoms with van der Waals surface area (Å²) in [5, 5.41) is 6.60. The van der Waals surface area contributed by atoms with Gasteiger partial charge >= 0.3 is 0 Å². The average molecular weight is 268 g/mol. The van der Waals surface area contributed by atoms with Crippen molar-refractivity contribution in [3.63, 3.8) is 0 Å². The van der Waals surface area contributed by atoms with E-state index in [1.165, 1.54) is 12.8 Å². The second-order valence-electron chi connectivity index (χ2n) is 6.58. The fourth-order valence-electron chi connectivity index (χ4n) is 2.93. The molecule has 2 N–H and O–H groups in total. The van der Waals surface area contributed by atoms with Gasteiger partial charge < -0.3 is 10.6 Å². The molecule has 0 bridgehead atoms. The highest BCUT2D eigenvalue weighted by molar-refractivity contribution is 5.83. The molecule has 1 heterocycles. The van der Waals surface area contributed by atoms with Gasteiger partial charge in [-0.25, -0.2) is 0 Å². The molecule has 1 rings (SSSR count). The lowest BCUT2D eigenvalue weighted by Crippen LogP contribution is -2.49. The first-order valence-electron chi connectivity index (χ1n) is 8.02. The highest BCUT2D eigenvalue weighted by Crippen LogP contribution is 2.32. The van der Waals surface area contributed by atoms with E-state index in [1.54, 1.807) is 0 Å². The van der Waals surface area contributed by atoms with Crippen LogP contribution in [0.15, 0.2) is 0 Å². The normalized spacial score (nSPS) is 20.3. The van der Waals surface area contributed by atoms with Crippen molar-refractivity contribution >= 4 is 5.91 Å². The first-order valence-corrected chi connectivity index (χ1v) is 8.02. The maximum atomic E-state index is 12.5. The molecule has 1 saturated heterocycles. The molecule has 1 unspecified atom stereocenters. The van der Waals surface area contributed by atoms with E-state index < -0.39 is 0 Å². The van der Waals surface area contributed by atoms with E-state index in [0.29, 0.717) is 6.04 Å². The third-order valence-electron chi connectivity index (χ3n) is 4.52. The molecule has 3 heteroatoms. The lowest BCUT2D eigenvalue weighted by Gasteiger charge is -2.36. The Morgan fingerprint density at radius 3 is 2.37 bits per heavy atom. The minimum atomic E-state index is -0.114. The van der Waals surface area contributed by atoms with Crippen LogP contribution in [0.3, 0.4) is 0 Å². The zero-order valence-corrected chi connectivity index (χ0v) is 13.2. The van der Waals surface area contributed by atoms with Crippen molar-refractivity contribution in [1.82, 2.24) is 10.6 Å². The van der Waals surface area contributed by atoms with Gasteiger partial charge in [0.15, 0.2) is 0 Å². The van der Waals surface area contributed by atoms with Crippen LogP contribution in [0.2, 0.25) is 0 Å². The predicted octanol–water partition coefficient (Wildman–Crippen LogP) is 3.10. The summed E-state index contributed by atoms with van der Waals surface area (Å²) >= 11 is 0. The molecular formula is C16H32N2O. The van der Waals surface area contributed by atoms with Crippen molar-refractivity contribution in [3.05, 3.63) is 0 Å². The molecule has 1 fully saturated rings. The van der Waals surface area contributed by atoms with E-state index in [4.69, 9.17) is 0 Å². The summed E-state index contributed by atoms with van der Waals surface area (Å²) in [6, 6.07) is 0.310. The van der Waals surface area contributed by atoms with Gasteiger partial charge in [0, 0.05) is 6.04 Å². The number of nitrogens with one attached hydrogen (secondary N) is 2. The summed E-state index contributed by atoms with van der Waals surface area (Å²) < 4.78 is 0. The van der Waals surface area contributed by atoms with E-state index in [2.05, 4.69) is 38.3 Å². The standard InChI is InChI=1S/C16H32N2O/c1-5-16(9-11-17-12-10-16)15(19)18-14(4)8-6-7-13(2)3/h13-14,17H,5-12H2,1-4H3,(H,18,19). The van der Waals surface area contributed by atoms with E-state index in [9.17, 15) is 4.79 Å². The van der Waals surface area contributed by atoms with Crippen LogP contribution in [0.4, 0.5) is 0 Å². The van der Waals surface area contributed by atoms with Crippen LogP contribution in [-0.4, -0.2) is 25.0 Å². The third-order valence-corrected chi connectivity index (χ3v) is 4.52. The minimum Gasteiger partial charge on any atom is -0.353 e. The Morgan fingerprint density at radius 2 is 1.84 bits per heavy atom. The molecule has 19 heavy (non-hydrogen) atoms. The van der Waals surface area contributed by atoms with Crippen molar-refractivity contribution in [2.24, 2.45) is 11.3 Å². The summed E-state index contributed by atoms with van der Waals surface area (Å²) in [5.41, 5.74) is -0.114. The molecule has 1 amide bonds. The maximum absolute atomic E-state index is 12.5. The zero-order chi connectivity index (χ0) is 14.3. The van der Waals surface area contributed by atoms with Gasteiger partial charge in [0.1, 0.15) is 0 Å². The number of rotatable bonds is 7. The van der Waals surface area contributed by atoms with Crippen molar-refractivity contribution in [1.29, 1.82) is 0 Å². The zero-order valence-electron chi connectivity index (χ0n) is 13.2. The quantitative estimate of drug-likeness (QED) is 0.745. The van der Waals surface area contributed by atoms with E-state index in [-0.39, 0.29) is 11.3 Å². The van der Waals surface area contributed by atoms with E-state index >= 15 is 0 Å².